The third-order valence-corrected chi connectivity index (χ3v) is 1.78. The Bertz CT molecular complexity index is 159. The first kappa shape index (κ1) is 9.30. The van der Waals surface area contributed by atoms with E-state index in [0.29, 0.717) is 0 Å². The molecule has 0 bridgehead atoms. The Kier molecular flexibility index (Phi) is 4.50. The van der Waals surface area contributed by atoms with Crippen molar-refractivity contribution < 1.29 is 4.84 Å². The molecule has 0 aromatic heterocycles. The van der Waals surface area contributed by atoms with Crippen LogP contribution in [0.2, 0.25) is 0 Å². The number of hydrogen-bond donors (Lipinski definition) is 0. The van der Waals surface area contributed by atoms with E-state index in [4.69, 9.17) is 0 Å². The van der Waals surface area contributed by atoms with Gasteiger partial charge in [-0.2, -0.15) is 0 Å². The zero-order chi connectivity index (χ0) is 8.65. The zero-order valence-electron chi connectivity index (χ0n) is 7.57. The summed E-state index contributed by atoms with van der Waals surface area (Å²) in [6.45, 7) is 0. The Morgan fingerprint density at radius 2 is 2.42 bits per heavy atom. The maximum atomic E-state index is 4.54. The van der Waals surface area contributed by atoms with Crippen LogP contribution >= 0.6 is 0 Å². The van der Waals surface area contributed by atoms with Gasteiger partial charge in [0.1, 0.15) is 7.11 Å². The van der Waals surface area contributed by atoms with Crippen molar-refractivity contribution in [3.63, 3.8) is 0 Å². The Morgan fingerprint density at radius 3 is 3.08 bits per heavy atom. The second kappa shape index (κ2) is 5.81. The molecule has 0 saturated heterocycles. The first-order chi connectivity index (χ1) is 5.93. The van der Waals surface area contributed by atoms with Gasteiger partial charge in [0.25, 0.3) is 0 Å². The van der Waals surface area contributed by atoms with E-state index >= 15 is 0 Å². The van der Waals surface area contributed by atoms with E-state index in [1.165, 1.54) is 6.42 Å². The van der Waals surface area contributed by atoms with Gasteiger partial charge < -0.3 is 4.84 Å². The molecule has 1 rings (SSSR count). The smallest absolute Gasteiger partial charge is 0.106 e. The molecule has 1 radical (unpaired) electrons. The topological polar surface area (TPSA) is 21.6 Å². The molecule has 0 aliphatic heterocycles. The molecular formula is C10H16NO. The Morgan fingerprint density at radius 1 is 1.58 bits per heavy atom. The van der Waals surface area contributed by atoms with Crippen LogP contribution in [0.15, 0.2) is 17.3 Å². The van der Waals surface area contributed by atoms with Crippen LogP contribution in [-0.4, -0.2) is 13.3 Å². The largest absolute Gasteiger partial charge is 0.399 e. The van der Waals surface area contributed by atoms with E-state index in [1.807, 2.05) is 6.21 Å². The Balaban J connectivity index is 1.84. The van der Waals surface area contributed by atoms with Gasteiger partial charge in [0.05, 0.1) is 0 Å². The first-order valence-corrected chi connectivity index (χ1v) is 4.48. The minimum absolute atomic E-state index is 0.789. The summed E-state index contributed by atoms with van der Waals surface area (Å²) in [6, 6.07) is 0. The average molecular weight is 166 g/mol. The lowest BCUT2D eigenvalue weighted by Crippen LogP contribution is -1.77. The summed E-state index contributed by atoms with van der Waals surface area (Å²) in [7, 11) is 1.57. The van der Waals surface area contributed by atoms with Crippen LogP contribution in [0.5, 0.6) is 0 Å². The normalized spacial score (nSPS) is 17.8. The van der Waals surface area contributed by atoms with Gasteiger partial charge in [-0.05, 0) is 38.0 Å². The molecule has 0 amide bonds. The van der Waals surface area contributed by atoms with Gasteiger partial charge in [0.2, 0.25) is 0 Å². The molecule has 0 spiro atoms. The van der Waals surface area contributed by atoms with Crippen molar-refractivity contribution in [3.8, 4) is 0 Å². The summed E-state index contributed by atoms with van der Waals surface area (Å²) in [6.07, 6.45) is 13.3. The van der Waals surface area contributed by atoms with Crippen molar-refractivity contribution in [2.24, 2.45) is 11.1 Å². The molecular weight excluding hydrogens is 150 g/mol. The van der Waals surface area contributed by atoms with E-state index in [0.717, 1.165) is 25.2 Å². The van der Waals surface area contributed by atoms with Crippen molar-refractivity contribution in [3.05, 3.63) is 18.6 Å². The van der Waals surface area contributed by atoms with Crippen LogP contribution < -0.4 is 0 Å². The van der Waals surface area contributed by atoms with Crippen LogP contribution in [-0.2, 0) is 4.84 Å². The standard InChI is InChI=1S/C10H16NO/c1-12-11-9-5-3-2-4-6-10-7-8-10/h4,6-7,9-10H,2-3,5,8H2,1H3. The van der Waals surface area contributed by atoms with Crippen LogP contribution in [0.3, 0.4) is 0 Å². The highest BCUT2D eigenvalue weighted by Crippen LogP contribution is 2.28. The van der Waals surface area contributed by atoms with E-state index in [-0.39, 0.29) is 0 Å². The monoisotopic (exact) mass is 166 g/mol. The Hall–Kier alpha value is -0.790. The lowest BCUT2D eigenvalue weighted by molar-refractivity contribution is 0.214. The number of unbranched alkanes of at least 4 members (excludes halogenated alkanes) is 2. The number of nitrogens with zero attached hydrogens (tertiary/aromatic N) is 1. The van der Waals surface area contributed by atoms with Gasteiger partial charge in [0, 0.05) is 6.21 Å². The minimum Gasteiger partial charge on any atom is -0.399 e. The van der Waals surface area contributed by atoms with Gasteiger partial charge >= 0.3 is 0 Å². The van der Waals surface area contributed by atoms with Crippen molar-refractivity contribution >= 4 is 6.21 Å². The summed E-state index contributed by atoms with van der Waals surface area (Å²) in [4.78, 5) is 4.54. The van der Waals surface area contributed by atoms with E-state index in [2.05, 4.69) is 28.6 Å². The quantitative estimate of drug-likeness (QED) is 0.257. The van der Waals surface area contributed by atoms with Crippen molar-refractivity contribution in [1.82, 2.24) is 0 Å². The molecule has 1 aliphatic carbocycles. The third-order valence-electron chi connectivity index (χ3n) is 1.78. The molecule has 1 atom stereocenters. The lowest BCUT2D eigenvalue weighted by Gasteiger charge is -1.89. The van der Waals surface area contributed by atoms with Gasteiger partial charge in [-0.1, -0.05) is 17.3 Å². The fraction of sp³-hybridized carbons (Fsp3) is 0.600. The highest BCUT2D eigenvalue weighted by molar-refractivity contribution is 5.56. The number of hydrogen-bond acceptors (Lipinski definition) is 2. The van der Waals surface area contributed by atoms with Crippen molar-refractivity contribution in [1.29, 1.82) is 0 Å². The van der Waals surface area contributed by atoms with Crippen LogP contribution in [0.4, 0.5) is 0 Å². The third kappa shape index (κ3) is 4.94. The number of rotatable bonds is 6. The van der Waals surface area contributed by atoms with Gasteiger partial charge in [-0.25, -0.2) is 0 Å². The predicted molar refractivity (Wildman–Crippen MR) is 50.9 cm³/mol. The molecule has 0 aromatic carbocycles. The predicted octanol–water partition coefficient (Wildman–Crippen LogP) is 2.57. The van der Waals surface area contributed by atoms with Gasteiger partial charge in [-0.15, -0.1) is 0 Å². The van der Waals surface area contributed by atoms with Crippen LogP contribution in [0.25, 0.3) is 0 Å². The summed E-state index contributed by atoms with van der Waals surface area (Å²) < 4.78 is 0. The van der Waals surface area contributed by atoms with E-state index in [1.54, 1.807) is 7.11 Å². The molecule has 0 heterocycles. The maximum Gasteiger partial charge on any atom is 0.106 e. The summed E-state index contributed by atoms with van der Waals surface area (Å²) in [5.74, 6) is 0.789. The van der Waals surface area contributed by atoms with E-state index < -0.39 is 0 Å². The molecule has 0 N–H and O–H groups in total. The molecule has 1 aliphatic rings. The molecule has 1 saturated carbocycles. The summed E-state index contributed by atoms with van der Waals surface area (Å²) in [5, 5.41) is 3.66. The molecule has 0 aromatic rings. The highest BCUT2D eigenvalue weighted by atomic mass is 16.6. The highest BCUT2D eigenvalue weighted by Gasteiger charge is 2.16. The zero-order valence-corrected chi connectivity index (χ0v) is 7.57. The van der Waals surface area contributed by atoms with Gasteiger partial charge in [0.15, 0.2) is 0 Å². The fourth-order valence-corrected chi connectivity index (χ4v) is 0.961. The van der Waals surface area contributed by atoms with Crippen molar-refractivity contribution in [2.75, 3.05) is 7.11 Å². The average Bonchev–Trinajstić information content (AvgIpc) is 2.87. The molecule has 12 heavy (non-hydrogen) atoms. The first-order valence-electron chi connectivity index (χ1n) is 4.48. The molecule has 1 unspecified atom stereocenters. The maximum absolute atomic E-state index is 4.54. The molecule has 2 heteroatoms. The minimum atomic E-state index is 0.789. The molecule has 2 nitrogen and oxygen atoms in total. The van der Waals surface area contributed by atoms with E-state index in [9.17, 15) is 0 Å². The summed E-state index contributed by atoms with van der Waals surface area (Å²) >= 11 is 0. The van der Waals surface area contributed by atoms with Crippen LogP contribution in [0, 0.1) is 12.3 Å². The second-order valence-electron chi connectivity index (χ2n) is 2.96. The lowest BCUT2D eigenvalue weighted by atomic mass is 10.2. The Labute approximate surface area is 74.3 Å². The SMILES string of the molecule is CON=CCCCC=CC1[CH]C1. The van der Waals surface area contributed by atoms with Crippen molar-refractivity contribution in [2.45, 2.75) is 25.7 Å². The summed E-state index contributed by atoms with van der Waals surface area (Å²) in [5.41, 5.74) is 0. The van der Waals surface area contributed by atoms with Crippen LogP contribution in [0.1, 0.15) is 25.7 Å². The number of oxime groups is 1. The number of allylic oxidation sites excluding steroid dienone is 2. The fourth-order valence-electron chi connectivity index (χ4n) is 0.961. The van der Waals surface area contributed by atoms with Gasteiger partial charge in [-0.3, -0.25) is 0 Å². The second-order valence-corrected chi connectivity index (χ2v) is 2.96. The molecule has 1 fully saturated rings. The molecule has 67 valence electrons.